The monoisotopic (exact) mass is 221 g/mol. The van der Waals surface area contributed by atoms with Crippen molar-refractivity contribution < 1.29 is 4.74 Å². The van der Waals surface area contributed by atoms with Gasteiger partial charge in [0.05, 0.1) is 0 Å². The molecule has 0 fully saturated rings. The molecule has 1 aromatic rings. The Labute approximate surface area is 99.0 Å². The summed E-state index contributed by atoms with van der Waals surface area (Å²) in [7, 11) is 1.96. The molecule has 0 heterocycles. The van der Waals surface area contributed by atoms with E-state index in [0.717, 1.165) is 18.7 Å². The zero-order valence-electron chi connectivity index (χ0n) is 11.1. The molecule has 0 aliphatic carbocycles. The third-order valence-electron chi connectivity index (χ3n) is 3.00. The van der Waals surface area contributed by atoms with Gasteiger partial charge in [0.25, 0.3) is 0 Å². The fraction of sp³-hybridized carbons (Fsp3) is 0.571. The van der Waals surface area contributed by atoms with Gasteiger partial charge in [0.1, 0.15) is 11.4 Å². The maximum absolute atomic E-state index is 6.14. The van der Waals surface area contributed by atoms with Crippen molar-refractivity contribution in [3.63, 3.8) is 0 Å². The largest absolute Gasteiger partial charge is 0.486 e. The minimum absolute atomic E-state index is 0.132. The maximum atomic E-state index is 6.14. The second-order valence-electron chi connectivity index (χ2n) is 4.70. The molecule has 0 aliphatic rings. The third kappa shape index (κ3) is 3.24. The van der Waals surface area contributed by atoms with Crippen LogP contribution in [0.2, 0.25) is 0 Å². The van der Waals surface area contributed by atoms with Gasteiger partial charge in [-0.05, 0) is 51.4 Å². The highest BCUT2D eigenvalue weighted by atomic mass is 16.5. The Hall–Kier alpha value is -1.02. The molecule has 1 atom stereocenters. The first-order chi connectivity index (χ1) is 7.50. The highest BCUT2D eigenvalue weighted by molar-refractivity contribution is 5.36. The van der Waals surface area contributed by atoms with Gasteiger partial charge in [-0.25, -0.2) is 0 Å². The van der Waals surface area contributed by atoms with Crippen molar-refractivity contribution in [2.24, 2.45) is 0 Å². The summed E-state index contributed by atoms with van der Waals surface area (Å²) in [4.78, 5) is 0. The van der Waals surface area contributed by atoms with Crippen molar-refractivity contribution in [2.75, 3.05) is 13.6 Å². The van der Waals surface area contributed by atoms with Gasteiger partial charge >= 0.3 is 0 Å². The van der Waals surface area contributed by atoms with Gasteiger partial charge in [-0.3, -0.25) is 0 Å². The molecular formula is C14H23NO. The summed E-state index contributed by atoms with van der Waals surface area (Å²) < 4.78 is 6.14. The molecule has 0 amide bonds. The second kappa shape index (κ2) is 5.35. The molecule has 16 heavy (non-hydrogen) atoms. The quantitative estimate of drug-likeness (QED) is 0.825. The molecule has 0 aromatic heterocycles. The van der Waals surface area contributed by atoms with Crippen LogP contribution in [-0.2, 0) is 0 Å². The van der Waals surface area contributed by atoms with Crippen LogP contribution in [0.15, 0.2) is 18.2 Å². The first-order valence-electron chi connectivity index (χ1n) is 5.91. The molecule has 0 bridgehead atoms. The summed E-state index contributed by atoms with van der Waals surface area (Å²) >= 11 is 0. The molecule has 2 nitrogen and oxygen atoms in total. The number of nitrogens with one attached hydrogen (secondary N) is 1. The van der Waals surface area contributed by atoms with E-state index in [2.05, 4.69) is 51.2 Å². The Balaban J connectivity index is 2.89. The lowest BCUT2D eigenvalue weighted by atomic mass is 10.0. The van der Waals surface area contributed by atoms with E-state index in [1.807, 2.05) is 7.05 Å². The summed E-state index contributed by atoms with van der Waals surface area (Å²) in [5, 5.41) is 3.19. The summed E-state index contributed by atoms with van der Waals surface area (Å²) in [5.41, 5.74) is 2.30. The van der Waals surface area contributed by atoms with E-state index in [-0.39, 0.29) is 5.60 Å². The predicted octanol–water partition coefficient (Wildman–Crippen LogP) is 3.07. The fourth-order valence-corrected chi connectivity index (χ4v) is 1.69. The van der Waals surface area contributed by atoms with Crippen molar-refractivity contribution in [3.05, 3.63) is 29.3 Å². The Bertz CT molecular complexity index is 349. The highest BCUT2D eigenvalue weighted by Crippen LogP contribution is 2.25. The second-order valence-corrected chi connectivity index (χ2v) is 4.70. The summed E-state index contributed by atoms with van der Waals surface area (Å²) in [6.45, 7) is 9.34. The maximum Gasteiger partial charge on any atom is 0.123 e. The minimum atomic E-state index is -0.132. The average molecular weight is 221 g/mol. The molecule has 1 unspecified atom stereocenters. The molecule has 0 saturated heterocycles. The van der Waals surface area contributed by atoms with E-state index >= 15 is 0 Å². The Morgan fingerprint density at radius 1 is 1.31 bits per heavy atom. The van der Waals surface area contributed by atoms with Crippen molar-refractivity contribution in [2.45, 2.75) is 39.7 Å². The van der Waals surface area contributed by atoms with Crippen molar-refractivity contribution in [1.82, 2.24) is 5.32 Å². The van der Waals surface area contributed by atoms with Crippen molar-refractivity contribution >= 4 is 0 Å². The SMILES string of the molecule is CCC(C)(CNC)Oc1cc(C)ccc1C. The minimum Gasteiger partial charge on any atom is -0.486 e. The molecule has 0 aliphatic heterocycles. The molecule has 90 valence electrons. The van der Waals surface area contributed by atoms with Crippen LogP contribution in [0.1, 0.15) is 31.4 Å². The Morgan fingerprint density at radius 2 is 2.00 bits per heavy atom. The van der Waals surface area contributed by atoms with E-state index in [1.54, 1.807) is 0 Å². The third-order valence-corrected chi connectivity index (χ3v) is 3.00. The molecular weight excluding hydrogens is 198 g/mol. The van der Waals surface area contributed by atoms with E-state index in [4.69, 9.17) is 4.74 Å². The Kier molecular flexibility index (Phi) is 4.36. The van der Waals surface area contributed by atoms with Crippen LogP contribution in [0.4, 0.5) is 0 Å². The number of rotatable bonds is 5. The zero-order valence-corrected chi connectivity index (χ0v) is 11.1. The average Bonchev–Trinajstić information content (AvgIpc) is 2.24. The van der Waals surface area contributed by atoms with Gasteiger partial charge in [0.2, 0.25) is 0 Å². The summed E-state index contributed by atoms with van der Waals surface area (Å²) in [6, 6.07) is 6.34. The smallest absolute Gasteiger partial charge is 0.123 e. The van der Waals surface area contributed by atoms with Gasteiger partial charge in [-0.1, -0.05) is 19.1 Å². The predicted molar refractivity (Wildman–Crippen MR) is 69.2 cm³/mol. The lowest BCUT2D eigenvalue weighted by Gasteiger charge is -2.30. The molecule has 1 rings (SSSR count). The van der Waals surface area contributed by atoms with Crippen LogP contribution in [0, 0.1) is 13.8 Å². The van der Waals surface area contributed by atoms with Gasteiger partial charge in [-0.15, -0.1) is 0 Å². The van der Waals surface area contributed by atoms with Gasteiger partial charge < -0.3 is 10.1 Å². The van der Waals surface area contributed by atoms with Crippen LogP contribution in [0.25, 0.3) is 0 Å². The standard InChI is InChI=1S/C14H23NO/c1-6-14(4,10-15-5)16-13-9-11(2)7-8-12(13)3/h7-9,15H,6,10H2,1-5H3. The first kappa shape index (κ1) is 13.0. The van der Waals surface area contributed by atoms with Gasteiger partial charge in [0.15, 0.2) is 0 Å². The molecule has 2 heteroatoms. The first-order valence-corrected chi connectivity index (χ1v) is 5.91. The van der Waals surface area contributed by atoms with Crippen molar-refractivity contribution in [3.8, 4) is 5.75 Å². The van der Waals surface area contributed by atoms with Crippen LogP contribution in [0.3, 0.4) is 0 Å². The summed E-state index contributed by atoms with van der Waals surface area (Å²) in [5.74, 6) is 1.000. The molecule has 1 aromatic carbocycles. The molecule has 0 spiro atoms. The highest BCUT2D eigenvalue weighted by Gasteiger charge is 2.23. The number of ether oxygens (including phenoxy) is 1. The lowest BCUT2D eigenvalue weighted by Crippen LogP contribution is -2.41. The van der Waals surface area contributed by atoms with E-state index in [1.165, 1.54) is 11.1 Å². The van der Waals surface area contributed by atoms with Gasteiger partial charge in [0, 0.05) is 6.54 Å². The number of aryl methyl sites for hydroxylation is 2. The van der Waals surface area contributed by atoms with Crippen LogP contribution < -0.4 is 10.1 Å². The van der Waals surface area contributed by atoms with Crippen molar-refractivity contribution in [1.29, 1.82) is 0 Å². The van der Waals surface area contributed by atoms with Crippen LogP contribution >= 0.6 is 0 Å². The molecule has 0 saturated carbocycles. The fourth-order valence-electron chi connectivity index (χ4n) is 1.69. The molecule has 0 radical (unpaired) electrons. The number of hydrogen-bond acceptors (Lipinski definition) is 2. The van der Waals surface area contributed by atoms with E-state index < -0.39 is 0 Å². The normalized spacial score (nSPS) is 14.6. The van der Waals surface area contributed by atoms with Gasteiger partial charge in [-0.2, -0.15) is 0 Å². The zero-order chi connectivity index (χ0) is 12.2. The lowest BCUT2D eigenvalue weighted by molar-refractivity contribution is 0.0849. The molecule has 1 N–H and O–H groups in total. The number of hydrogen-bond donors (Lipinski definition) is 1. The topological polar surface area (TPSA) is 21.3 Å². The number of benzene rings is 1. The Morgan fingerprint density at radius 3 is 2.56 bits per heavy atom. The number of likely N-dealkylation sites (N-methyl/N-ethyl adjacent to an activating group) is 1. The van der Waals surface area contributed by atoms with E-state index in [9.17, 15) is 0 Å². The van der Waals surface area contributed by atoms with Crippen LogP contribution in [-0.4, -0.2) is 19.2 Å². The van der Waals surface area contributed by atoms with Crippen LogP contribution in [0.5, 0.6) is 5.75 Å². The summed E-state index contributed by atoms with van der Waals surface area (Å²) in [6.07, 6.45) is 0.987. The van der Waals surface area contributed by atoms with E-state index in [0.29, 0.717) is 0 Å².